The van der Waals surface area contributed by atoms with Crippen LogP contribution < -0.4 is 0 Å². The van der Waals surface area contributed by atoms with Gasteiger partial charge in [-0.05, 0) is 0 Å². The Morgan fingerprint density at radius 3 is 2.75 bits per heavy atom. The Kier molecular flexibility index (Phi) is 1.71. The molecule has 0 aromatic heterocycles. The van der Waals surface area contributed by atoms with E-state index in [2.05, 4.69) is 6.07 Å². The van der Waals surface area contributed by atoms with Gasteiger partial charge >= 0.3 is 0 Å². The van der Waals surface area contributed by atoms with Crippen molar-refractivity contribution in [2.24, 2.45) is 11.8 Å². The van der Waals surface area contributed by atoms with Gasteiger partial charge in [-0.15, -0.1) is 11.6 Å². The Balaban J connectivity index is 2.36. The number of nitrogens with zero attached hydrogens (tertiary/aromatic N) is 1. The highest BCUT2D eigenvalue weighted by molar-refractivity contribution is 6.29. The molecule has 0 aromatic rings. The van der Waals surface area contributed by atoms with Gasteiger partial charge in [-0.3, -0.25) is 0 Å². The fourth-order valence-corrected chi connectivity index (χ4v) is 2.73. The number of hydrogen-bond donors (Lipinski definition) is 0. The van der Waals surface area contributed by atoms with Crippen LogP contribution >= 0.6 is 23.2 Å². The van der Waals surface area contributed by atoms with Gasteiger partial charge in [-0.25, -0.2) is 0 Å². The van der Waals surface area contributed by atoms with E-state index in [1.165, 1.54) is 0 Å². The third kappa shape index (κ3) is 0.920. The standard InChI is InChI=1S/C9H7Cl2N/c10-7-2-1-6-3-4-9(11,5-12)8(6)7/h1-4,6-8H. The van der Waals surface area contributed by atoms with Crippen LogP contribution in [-0.2, 0) is 0 Å². The van der Waals surface area contributed by atoms with Crippen LogP contribution in [0.2, 0.25) is 0 Å². The molecule has 0 bridgehead atoms. The van der Waals surface area contributed by atoms with Crippen LogP contribution in [0.4, 0.5) is 0 Å². The highest BCUT2D eigenvalue weighted by Gasteiger charge is 2.48. The highest BCUT2D eigenvalue weighted by Crippen LogP contribution is 2.47. The van der Waals surface area contributed by atoms with Crippen molar-refractivity contribution in [1.82, 2.24) is 0 Å². The lowest BCUT2D eigenvalue weighted by Gasteiger charge is -2.23. The first-order valence-electron chi connectivity index (χ1n) is 3.79. The van der Waals surface area contributed by atoms with E-state index in [1.807, 2.05) is 18.2 Å². The summed E-state index contributed by atoms with van der Waals surface area (Å²) in [6.07, 6.45) is 7.64. The van der Waals surface area contributed by atoms with E-state index in [1.54, 1.807) is 6.08 Å². The number of allylic oxidation sites excluding steroid dienone is 4. The van der Waals surface area contributed by atoms with Gasteiger partial charge in [0.2, 0.25) is 0 Å². The first-order chi connectivity index (χ1) is 5.67. The third-order valence-electron chi connectivity index (χ3n) is 2.49. The molecular formula is C9H7Cl2N. The van der Waals surface area contributed by atoms with E-state index in [4.69, 9.17) is 28.5 Å². The lowest BCUT2D eigenvalue weighted by molar-refractivity contribution is 0.487. The maximum absolute atomic E-state index is 8.87. The molecule has 2 aliphatic carbocycles. The topological polar surface area (TPSA) is 23.8 Å². The molecular weight excluding hydrogens is 193 g/mol. The molecule has 2 aliphatic rings. The molecule has 0 saturated heterocycles. The van der Waals surface area contributed by atoms with Crippen molar-refractivity contribution in [3.63, 3.8) is 0 Å². The second-order valence-electron chi connectivity index (χ2n) is 3.17. The van der Waals surface area contributed by atoms with Gasteiger partial charge < -0.3 is 0 Å². The molecule has 1 nitrogen and oxygen atoms in total. The van der Waals surface area contributed by atoms with Gasteiger partial charge in [-0.2, -0.15) is 5.26 Å². The lowest BCUT2D eigenvalue weighted by Crippen LogP contribution is -2.31. The van der Waals surface area contributed by atoms with Gasteiger partial charge in [0.15, 0.2) is 4.87 Å². The summed E-state index contributed by atoms with van der Waals surface area (Å²) < 4.78 is 0. The number of nitriles is 1. The van der Waals surface area contributed by atoms with E-state index in [9.17, 15) is 0 Å². The molecule has 0 N–H and O–H groups in total. The van der Waals surface area contributed by atoms with Crippen LogP contribution in [0.1, 0.15) is 0 Å². The van der Waals surface area contributed by atoms with Crippen molar-refractivity contribution >= 4 is 23.2 Å². The van der Waals surface area contributed by atoms with Crippen molar-refractivity contribution in [3.05, 3.63) is 24.3 Å². The summed E-state index contributed by atoms with van der Waals surface area (Å²) in [5.41, 5.74) is 0. The van der Waals surface area contributed by atoms with Gasteiger partial charge in [-0.1, -0.05) is 35.9 Å². The molecule has 62 valence electrons. The molecule has 4 unspecified atom stereocenters. The summed E-state index contributed by atoms with van der Waals surface area (Å²) >= 11 is 12.1. The molecule has 0 saturated carbocycles. The van der Waals surface area contributed by atoms with Crippen molar-refractivity contribution in [1.29, 1.82) is 5.26 Å². The van der Waals surface area contributed by atoms with Gasteiger partial charge in [0, 0.05) is 11.8 Å². The molecule has 4 atom stereocenters. The van der Waals surface area contributed by atoms with E-state index < -0.39 is 4.87 Å². The Labute approximate surface area is 81.3 Å². The van der Waals surface area contributed by atoms with Gasteiger partial charge in [0.25, 0.3) is 0 Å². The van der Waals surface area contributed by atoms with Crippen LogP contribution in [0.5, 0.6) is 0 Å². The van der Waals surface area contributed by atoms with E-state index in [0.717, 1.165) is 0 Å². The maximum atomic E-state index is 8.87. The summed E-state index contributed by atoms with van der Waals surface area (Å²) in [6, 6.07) is 2.10. The zero-order valence-corrected chi connectivity index (χ0v) is 7.76. The monoisotopic (exact) mass is 199 g/mol. The maximum Gasteiger partial charge on any atom is 0.154 e. The van der Waals surface area contributed by atoms with Crippen molar-refractivity contribution < 1.29 is 0 Å². The van der Waals surface area contributed by atoms with Crippen molar-refractivity contribution in [2.45, 2.75) is 10.3 Å². The molecule has 12 heavy (non-hydrogen) atoms. The zero-order valence-electron chi connectivity index (χ0n) is 6.24. The molecule has 0 radical (unpaired) electrons. The Morgan fingerprint density at radius 1 is 1.33 bits per heavy atom. The number of hydrogen-bond acceptors (Lipinski definition) is 1. The summed E-state index contributed by atoms with van der Waals surface area (Å²) in [7, 11) is 0. The highest BCUT2D eigenvalue weighted by atomic mass is 35.5. The average Bonchev–Trinajstić information content (AvgIpc) is 2.57. The number of rotatable bonds is 0. The zero-order chi connectivity index (χ0) is 8.77. The van der Waals surface area contributed by atoms with E-state index >= 15 is 0 Å². The summed E-state index contributed by atoms with van der Waals surface area (Å²) in [4.78, 5) is -0.888. The van der Waals surface area contributed by atoms with Crippen LogP contribution in [0.25, 0.3) is 0 Å². The van der Waals surface area contributed by atoms with Crippen LogP contribution in [0.15, 0.2) is 24.3 Å². The summed E-state index contributed by atoms with van der Waals surface area (Å²) in [6.45, 7) is 0. The van der Waals surface area contributed by atoms with Gasteiger partial charge in [0.05, 0.1) is 11.4 Å². The Bertz CT molecular complexity index is 302. The quantitative estimate of drug-likeness (QED) is 0.435. The Hall–Kier alpha value is -0.450. The first kappa shape index (κ1) is 8.16. The molecule has 0 amide bonds. The molecule has 0 fully saturated rings. The number of alkyl halides is 2. The fraction of sp³-hybridized carbons (Fsp3) is 0.444. The molecule has 3 heteroatoms. The van der Waals surface area contributed by atoms with Crippen molar-refractivity contribution in [3.8, 4) is 6.07 Å². The second-order valence-corrected chi connectivity index (χ2v) is 4.30. The number of fused-ring (bicyclic) bond motifs is 1. The molecule has 0 aliphatic heterocycles. The SMILES string of the molecule is N#CC1(Cl)C=CC2C=CC(Cl)C21. The number of halogens is 2. The van der Waals surface area contributed by atoms with E-state index in [0.29, 0.717) is 0 Å². The smallest absolute Gasteiger partial charge is 0.154 e. The molecule has 2 rings (SSSR count). The fourth-order valence-electron chi connectivity index (χ4n) is 1.86. The molecule has 0 spiro atoms. The largest absolute Gasteiger partial charge is 0.196 e. The van der Waals surface area contributed by atoms with Crippen LogP contribution in [-0.4, -0.2) is 10.3 Å². The van der Waals surface area contributed by atoms with Crippen LogP contribution in [0.3, 0.4) is 0 Å². The second kappa shape index (κ2) is 2.52. The first-order valence-corrected chi connectivity index (χ1v) is 4.61. The van der Waals surface area contributed by atoms with Crippen molar-refractivity contribution in [2.75, 3.05) is 0 Å². The Morgan fingerprint density at radius 2 is 2.08 bits per heavy atom. The summed E-state index contributed by atoms with van der Waals surface area (Å²) in [5.74, 6) is 0.274. The minimum absolute atomic E-state index is 0.0193. The minimum atomic E-state index is -0.888. The summed E-state index contributed by atoms with van der Waals surface area (Å²) in [5, 5.41) is 8.76. The third-order valence-corrected chi connectivity index (χ3v) is 3.37. The normalized spacial score (nSPS) is 49.2. The predicted octanol–water partition coefficient (Wildman–Crippen LogP) is 2.47. The lowest BCUT2D eigenvalue weighted by atomic mass is 9.90. The van der Waals surface area contributed by atoms with Crippen LogP contribution in [0, 0.1) is 23.2 Å². The average molecular weight is 200 g/mol. The van der Waals surface area contributed by atoms with Gasteiger partial charge in [0.1, 0.15) is 0 Å². The minimum Gasteiger partial charge on any atom is -0.196 e. The van der Waals surface area contributed by atoms with E-state index in [-0.39, 0.29) is 17.2 Å². The molecule has 0 aromatic carbocycles. The predicted molar refractivity (Wildman–Crippen MR) is 49.1 cm³/mol. The molecule has 0 heterocycles.